The number of carbonyl (C=O) groups is 2. The van der Waals surface area contributed by atoms with Gasteiger partial charge in [-0.25, -0.2) is 0 Å². The first-order chi connectivity index (χ1) is 9.58. The number of rotatable bonds is 4. The fourth-order valence-corrected chi connectivity index (χ4v) is 2.84. The van der Waals surface area contributed by atoms with Crippen molar-refractivity contribution in [3.63, 3.8) is 0 Å². The van der Waals surface area contributed by atoms with Gasteiger partial charge in [-0.1, -0.05) is 12.1 Å². The Bertz CT molecular complexity index is 496. The molecule has 2 atom stereocenters. The molecule has 1 aliphatic rings. The molecule has 1 aromatic rings. The number of hydrogen-bond donors (Lipinski definition) is 1. The van der Waals surface area contributed by atoms with Gasteiger partial charge in [-0.15, -0.1) is 0 Å². The van der Waals surface area contributed by atoms with E-state index in [1.807, 2.05) is 31.2 Å². The van der Waals surface area contributed by atoms with Gasteiger partial charge in [0.25, 0.3) is 0 Å². The van der Waals surface area contributed by atoms with Crippen molar-refractivity contribution in [2.45, 2.75) is 25.8 Å². The van der Waals surface area contributed by atoms with Crippen LogP contribution in [-0.2, 0) is 9.59 Å². The second kappa shape index (κ2) is 5.94. The maximum Gasteiger partial charge on any atom is 0.223 e. The van der Waals surface area contributed by atoms with Crippen LogP contribution in [0.5, 0.6) is 5.75 Å². The average molecular weight is 276 g/mol. The fourth-order valence-electron chi connectivity index (χ4n) is 2.84. The molecule has 0 bridgehead atoms. The van der Waals surface area contributed by atoms with Crippen LogP contribution in [-0.4, -0.2) is 30.4 Å². The Morgan fingerprint density at radius 2 is 2.05 bits per heavy atom. The van der Waals surface area contributed by atoms with E-state index in [0.29, 0.717) is 19.4 Å². The Hall–Kier alpha value is -2.04. The number of methoxy groups -OCH3 is 1. The SMILES string of the molecule is CCN1C(=O)CCC(C(N)=O)C1c1ccc(OC)cc1. The molecule has 1 fully saturated rings. The van der Waals surface area contributed by atoms with E-state index in [9.17, 15) is 9.59 Å². The van der Waals surface area contributed by atoms with E-state index in [-0.39, 0.29) is 23.8 Å². The highest BCUT2D eigenvalue weighted by atomic mass is 16.5. The van der Waals surface area contributed by atoms with Crippen molar-refractivity contribution >= 4 is 11.8 Å². The number of benzene rings is 1. The topological polar surface area (TPSA) is 72.6 Å². The maximum absolute atomic E-state index is 12.0. The molecule has 5 nitrogen and oxygen atoms in total. The number of piperidine rings is 1. The minimum Gasteiger partial charge on any atom is -0.497 e. The zero-order chi connectivity index (χ0) is 14.7. The number of ether oxygens (including phenoxy) is 1. The Kier molecular flexibility index (Phi) is 4.27. The summed E-state index contributed by atoms with van der Waals surface area (Å²) in [5.41, 5.74) is 6.43. The lowest BCUT2D eigenvalue weighted by Gasteiger charge is -2.39. The third kappa shape index (κ3) is 2.61. The van der Waals surface area contributed by atoms with E-state index in [4.69, 9.17) is 10.5 Å². The van der Waals surface area contributed by atoms with Gasteiger partial charge in [0, 0.05) is 13.0 Å². The summed E-state index contributed by atoms with van der Waals surface area (Å²) in [5.74, 6) is 0.137. The van der Waals surface area contributed by atoms with Gasteiger partial charge in [0.1, 0.15) is 5.75 Å². The Morgan fingerprint density at radius 3 is 2.55 bits per heavy atom. The Morgan fingerprint density at radius 1 is 1.40 bits per heavy atom. The molecule has 0 spiro atoms. The van der Waals surface area contributed by atoms with Crippen LogP contribution in [0.25, 0.3) is 0 Å². The van der Waals surface area contributed by atoms with E-state index in [1.54, 1.807) is 12.0 Å². The molecule has 2 N–H and O–H groups in total. The Labute approximate surface area is 118 Å². The highest BCUT2D eigenvalue weighted by molar-refractivity contribution is 5.84. The maximum atomic E-state index is 12.0. The third-order valence-electron chi connectivity index (χ3n) is 3.87. The number of primary amides is 1. The zero-order valence-corrected chi connectivity index (χ0v) is 11.8. The van der Waals surface area contributed by atoms with Crippen LogP contribution in [0, 0.1) is 5.92 Å². The molecule has 20 heavy (non-hydrogen) atoms. The predicted molar refractivity (Wildman–Crippen MR) is 75.0 cm³/mol. The average Bonchev–Trinajstić information content (AvgIpc) is 2.46. The van der Waals surface area contributed by atoms with Crippen molar-refractivity contribution in [1.82, 2.24) is 4.90 Å². The second-order valence-electron chi connectivity index (χ2n) is 4.95. The number of hydrogen-bond acceptors (Lipinski definition) is 3. The minimum atomic E-state index is -0.350. The van der Waals surface area contributed by atoms with Crippen molar-refractivity contribution in [2.75, 3.05) is 13.7 Å². The summed E-state index contributed by atoms with van der Waals surface area (Å²) in [7, 11) is 1.60. The highest BCUT2D eigenvalue weighted by Crippen LogP contribution is 2.36. The molecule has 1 aliphatic heterocycles. The largest absolute Gasteiger partial charge is 0.497 e. The lowest BCUT2D eigenvalue weighted by molar-refractivity contribution is -0.142. The number of likely N-dealkylation sites (tertiary alicyclic amines) is 1. The Balaban J connectivity index is 2.38. The molecule has 1 aromatic carbocycles. The summed E-state index contributed by atoms with van der Waals surface area (Å²) in [6.45, 7) is 2.48. The highest BCUT2D eigenvalue weighted by Gasteiger charge is 2.38. The van der Waals surface area contributed by atoms with Crippen LogP contribution in [0.15, 0.2) is 24.3 Å². The summed E-state index contributed by atoms with van der Waals surface area (Å²) in [6.07, 6.45) is 0.898. The molecule has 0 saturated carbocycles. The van der Waals surface area contributed by atoms with Gasteiger partial charge >= 0.3 is 0 Å². The van der Waals surface area contributed by atoms with Gasteiger partial charge in [0.2, 0.25) is 11.8 Å². The van der Waals surface area contributed by atoms with Gasteiger partial charge in [-0.05, 0) is 31.0 Å². The van der Waals surface area contributed by atoms with Crippen LogP contribution < -0.4 is 10.5 Å². The zero-order valence-electron chi connectivity index (χ0n) is 11.8. The summed E-state index contributed by atoms with van der Waals surface area (Å²) >= 11 is 0. The van der Waals surface area contributed by atoms with Gasteiger partial charge in [-0.3, -0.25) is 9.59 Å². The molecule has 0 aromatic heterocycles. The lowest BCUT2D eigenvalue weighted by atomic mass is 9.84. The van der Waals surface area contributed by atoms with Crippen molar-refractivity contribution in [3.8, 4) is 5.75 Å². The molecule has 5 heteroatoms. The molecule has 1 saturated heterocycles. The van der Waals surface area contributed by atoms with Crippen molar-refractivity contribution < 1.29 is 14.3 Å². The van der Waals surface area contributed by atoms with Crippen LogP contribution in [0.3, 0.4) is 0 Å². The molecule has 108 valence electrons. The summed E-state index contributed by atoms with van der Waals surface area (Å²) < 4.78 is 5.13. The third-order valence-corrected chi connectivity index (χ3v) is 3.87. The summed E-state index contributed by atoms with van der Waals surface area (Å²) in [5, 5.41) is 0. The van der Waals surface area contributed by atoms with Crippen molar-refractivity contribution in [2.24, 2.45) is 11.7 Å². The van der Waals surface area contributed by atoms with E-state index < -0.39 is 0 Å². The molecule has 2 unspecified atom stereocenters. The molecule has 1 heterocycles. The number of nitrogens with zero attached hydrogens (tertiary/aromatic N) is 1. The smallest absolute Gasteiger partial charge is 0.223 e. The quantitative estimate of drug-likeness (QED) is 0.905. The standard InChI is InChI=1S/C15H20N2O3/c1-3-17-13(18)9-8-12(15(16)19)14(17)10-4-6-11(20-2)7-5-10/h4-7,12,14H,3,8-9H2,1-2H3,(H2,16,19). The monoisotopic (exact) mass is 276 g/mol. The van der Waals surface area contributed by atoms with E-state index in [2.05, 4.69) is 0 Å². The number of amides is 2. The first-order valence-corrected chi connectivity index (χ1v) is 6.81. The van der Waals surface area contributed by atoms with Gasteiger partial charge in [-0.2, -0.15) is 0 Å². The first-order valence-electron chi connectivity index (χ1n) is 6.81. The van der Waals surface area contributed by atoms with Gasteiger partial charge in [0.15, 0.2) is 0 Å². The lowest BCUT2D eigenvalue weighted by Crippen LogP contribution is -2.46. The summed E-state index contributed by atoms with van der Waals surface area (Å²) in [4.78, 5) is 25.5. The van der Waals surface area contributed by atoms with E-state index in [1.165, 1.54) is 0 Å². The van der Waals surface area contributed by atoms with Gasteiger partial charge in [0.05, 0.1) is 19.1 Å². The molecule has 0 radical (unpaired) electrons. The second-order valence-corrected chi connectivity index (χ2v) is 4.95. The molecular weight excluding hydrogens is 256 g/mol. The molecule has 2 rings (SSSR count). The number of carbonyl (C=O) groups excluding carboxylic acids is 2. The number of nitrogens with two attached hydrogens (primary N) is 1. The van der Waals surface area contributed by atoms with Crippen LogP contribution >= 0.6 is 0 Å². The normalized spacial score (nSPS) is 22.7. The van der Waals surface area contributed by atoms with E-state index in [0.717, 1.165) is 11.3 Å². The summed E-state index contributed by atoms with van der Waals surface area (Å²) in [6, 6.07) is 7.17. The van der Waals surface area contributed by atoms with Crippen molar-refractivity contribution in [3.05, 3.63) is 29.8 Å². The molecular formula is C15H20N2O3. The fraction of sp³-hybridized carbons (Fsp3) is 0.467. The predicted octanol–water partition coefficient (Wildman–Crippen LogP) is 1.48. The van der Waals surface area contributed by atoms with Crippen LogP contribution in [0.2, 0.25) is 0 Å². The molecule has 2 amide bonds. The van der Waals surface area contributed by atoms with Gasteiger partial charge < -0.3 is 15.4 Å². The first kappa shape index (κ1) is 14.4. The van der Waals surface area contributed by atoms with Crippen molar-refractivity contribution in [1.29, 1.82) is 0 Å². The van der Waals surface area contributed by atoms with Crippen LogP contribution in [0.1, 0.15) is 31.4 Å². The molecule has 0 aliphatic carbocycles. The van der Waals surface area contributed by atoms with E-state index >= 15 is 0 Å². The minimum absolute atomic E-state index is 0.0748. The van der Waals surface area contributed by atoms with Crippen LogP contribution in [0.4, 0.5) is 0 Å².